The zero-order valence-corrected chi connectivity index (χ0v) is 11.2. The van der Waals surface area contributed by atoms with Gasteiger partial charge in [0.25, 0.3) is 5.69 Å². The molecule has 3 N–H and O–H groups in total. The number of H-pyrrole nitrogens is 1. The van der Waals surface area contributed by atoms with Crippen molar-refractivity contribution in [1.82, 2.24) is 15.3 Å². The van der Waals surface area contributed by atoms with Gasteiger partial charge in [0.15, 0.2) is 0 Å². The number of non-ortho nitro benzene ring substituents is 1. The summed E-state index contributed by atoms with van der Waals surface area (Å²) < 4.78 is 0. The Morgan fingerprint density at radius 3 is 3.10 bits per heavy atom. The molecule has 20 heavy (non-hydrogen) atoms. The van der Waals surface area contributed by atoms with E-state index in [1.54, 1.807) is 6.07 Å². The number of anilines is 1. The van der Waals surface area contributed by atoms with E-state index in [9.17, 15) is 10.1 Å². The number of aromatic nitrogens is 2. The number of nitrogens with one attached hydrogen (secondary N) is 3. The van der Waals surface area contributed by atoms with Crippen LogP contribution in [0.25, 0.3) is 11.0 Å². The molecule has 2 heterocycles. The van der Waals surface area contributed by atoms with Crippen molar-refractivity contribution in [2.45, 2.75) is 31.8 Å². The molecule has 0 bridgehead atoms. The molecule has 1 aromatic heterocycles. The zero-order chi connectivity index (χ0) is 14.1. The van der Waals surface area contributed by atoms with Gasteiger partial charge in [0.05, 0.1) is 16.0 Å². The maximum atomic E-state index is 10.8. The summed E-state index contributed by atoms with van der Waals surface area (Å²) in [5.74, 6) is 0.668. The lowest BCUT2D eigenvalue weighted by atomic mass is 10.0. The van der Waals surface area contributed by atoms with E-state index in [-0.39, 0.29) is 5.69 Å². The van der Waals surface area contributed by atoms with Crippen molar-refractivity contribution in [3.05, 3.63) is 28.3 Å². The Morgan fingerprint density at radius 1 is 1.50 bits per heavy atom. The molecule has 2 unspecified atom stereocenters. The Balaban J connectivity index is 1.83. The first kappa shape index (κ1) is 12.9. The average Bonchev–Trinajstić information content (AvgIpc) is 2.82. The van der Waals surface area contributed by atoms with Gasteiger partial charge in [0.2, 0.25) is 5.95 Å². The number of aromatic amines is 1. The third-order valence-electron chi connectivity index (χ3n) is 3.76. The van der Waals surface area contributed by atoms with Crippen molar-refractivity contribution in [2.24, 2.45) is 0 Å². The predicted octanol–water partition coefficient (Wildman–Crippen LogP) is 2.02. The number of nitro benzene ring substituents is 1. The molecule has 106 valence electrons. The first-order chi connectivity index (χ1) is 9.63. The van der Waals surface area contributed by atoms with Crippen molar-refractivity contribution < 1.29 is 4.92 Å². The maximum absolute atomic E-state index is 10.8. The summed E-state index contributed by atoms with van der Waals surface area (Å²) >= 11 is 0. The predicted molar refractivity (Wildman–Crippen MR) is 76.9 cm³/mol. The van der Waals surface area contributed by atoms with Crippen molar-refractivity contribution >= 4 is 22.7 Å². The van der Waals surface area contributed by atoms with Crippen molar-refractivity contribution in [2.75, 3.05) is 11.9 Å². The summed E-state index contributed by atoms with van der Waals surface area (Å²) in [5.41, 5.74) is 1.48. The molecule has 0 spiro atoms. The number of imidazole rings is 1. The molecule has 2 atom stereocenters. The first-order valence-electron chi connectivity index (χ1n) is 6.77. The molecule has 3 rings (SSSR count). The largest absolute Gasteiger partial charge is 0.352 e. The van der Waals surface area contributed by atoms with Crippen LogP contribution in [0.1, 0.15) is 19.8 Å². The highest BCUT2D eigenvalue weighted by atomic mass is 16.6. The van der Waals surface area contributed by atoms with E-state index in [4.69, 9.17) is 0 Å². The Morgan fingerprint density at radius 2 is 2.35 bits per heavy atom. The zero-order valence-electron chi connectivity index (χ0n) is 11.2. The molecule has 7 nitrogen and oxygen atoms in total. The van der Waals surface area contributed by atoms with Crippen molar-refractivity contribution in [3.8, 4) is 0 Å². The molecule has 0 radical (unpaired) electrons. The van der Waals surface area contributed by atoms with Crippen molar-refractivity contribution in [3.63, 3.8) is 0 Å². The number of benzene rings is 1. The van der Waals surface area contributed by atoms with Gasteiger partial charge in [0.1, 0.15) is 0 Å². The highest BCUT2D eigenvalue weighted by molar-refractivity contribution is 5.79. The van der Waals surface area contributed by atoms with Crippen LogP contribution in [-0.2, 0) is 0 Å². The van der Waals surface area contributed by atoms with Crippen LogP contribution in [0.15, 0.2) is 18.2 Å². The number of piperidine rings is 1. The molecule has 0 amide bonds. The highest BCUT2D eigenvalue weighted by Gasteiger charge is 2.21. The van der Waals surface area contributed by atoms with E-state index in [2.05, 4.69) is 27.5 Å². The van der Waals surface area contributed by atoms with Crippen LogP contribution in [-0.4, -0.2) is 33.5 Å². The quantitative estimate of drug-likeness (QED) is 0.588. The standard InChI is InChI=1S/C13H17N5O2/c1-8-10(3-2-6-14-8)15-13-16-11-5-4-9(18(19)20)7-12(11)17-13/h4-5,7-8,10,14H,2-3,6H2,1H3,(H2,15,16,17). The fourth-order valence-electron chi connectivity index (χ4n) is 2.60. The molecule has 0 aliphatic carbocycles. The van der Waals surface area contributed by atoms with Crippen LogP contribution >= 0.6 is 0 Å². The van der Waals surface area contributed by atoms with Crippen LogP contribution in [0, 0.1) is 10.1 Å². The molecular formula is C13H17N5O2. The van der Waals surface area contributed by atoms with Gasteiger partial charge in [-0.1, -0.05) is 0 Å². The normalized spacial score (nSPS) is 22.9. The van der Waals surface area contributed by atoms with Crippen LogP contribution in [0.4, 0.5) is 11.6 Å². The SMILES string of the molecule is CC1NCCCC1Nc1nc2ccc([N+](=O)[O-])cc2[nH]1. The minimum absolute atomic E-state index is 0.0698. The Kier molecular flexibility index (Phi) is 3.27. The van der Waals surface area contributed by atoms with E-state index in [1.165, 1.54) is 12.1 Å². The fourth-order valence-corrected chi connectivity index (χ4v) is 2.60. The number of hydrogen-bond donors (Lipinski definition) is 3. The highest BCUT2D eigenvalue weighted by Crippen LogP contribution is 2.22. The van der Waals surface area contributed by atoms with Gasteiger partial charge in [-0.3, -0.25) is 10.1 Å². The van der Waals surface area contributed by atoms with Gasteiger partial charge < -0.3 is 15.6 Å². The summed E-state index contributed by atoms with van der Waals surface area (Å²) in [7, 11) is 0. The van der Waals surface area contributed by atoms with Gasteiger partial charge in [-0.25, -0.2) is 4.98 Å². The number of rotatable bonds is 3. The second-order valence-corrected chi connectivity index (χ2v) is 5.18. The van der Waals surface area contributed by atoms with Gasteiger partial charge in [-0.05, 0) is 32.4 Å². The van der Waals surface area contributed by atoms with E-state index in [0.29, 0.717) is 23.5 Å². The Bertz CT molecular complexity index is 639. The smallest absolute Gasteiger partial charge is 0.271 e. The summed E-state index contributed by atoms with van der Waals surface area (Å²) in [5, 5.41) is 17.5. The Labute approximate surface area is 115 Å². The molecule has 0 saturated carbocycles. The van der Waals surface area contributed by atoms with Crippen LogP contribution in [0.3, 0.4) is 0 Å². The Hall–Kier alpha value is -2.15. The lowest BCUT2D eigenvalue weighted by Gasteiger charge is -2.30. The fraction of sp³-hybridized carbons (Fsp3) is 0.462. The second-order valence-electron chi connectivity index (χ2n) is 5.18. The minimum atomic E-state index is -0.402. The van der Waals surface area contributed by atoms with E-state index < -0.39 is 4.92 Å². The van der Waals surface area contributed by atoms with Crippen LogP contribution in [0.5, 0.6) is 0 Å². The van der Waals surface area contributed by atoms with Crippen LogP contribution < -0.4 is 10.6 Å². The summed E-state index contributed by atoms with van der Waals surface area (Å²) in [4.78, 5) is 17.9. The van der Waals surface area contributed by atoms with Crippen LogP contribution in [0.2, 0.25) is 0 Å². The summed E-state index contributed by atoms with van der Waals surface area (Å²) in [6.07, 6.45) is 2.22. The van der Waals surface area contributed by atoms with E-state index in [1.807, 2.05) is 0 Å². The lowest BCUT2D eigenvalue weighted by molar-refractivity contribution is -0.384. The average molecular weight is 275 g/mol. The summed E-state index contributed by atoms with van der Waals surface area (Å²) in [6.45, 7) is 3.19. The topological polar surface area (TPSA) is 95.9 Å². The number of fused-ring (bicyclic) bond motifs is 1. The van der Waals surface area contributed by atoms with Gasteiger partial charge in [0, 0.05) is 24.2 Å². The monoisotopic (exact) mass is 275 g/mol. The molecule has 1 fully saturated rings. The maximum Gasteiger partial charge on any atom is 0.271 e. The molecular weight excluding hydrogens is 258 g/mol. The first-order valence-corrected chi connectivity index (χ1v) is 6.77. The molecule has 1 aliphatic rings. The molecule has 7 heteroatoms. The number of nitrogens with zero attached hydrogens (tertiary/aromatic N) is 2. The molecule has 1 aliphatic heterocycles. The van der Waals surface area contributed by atoms with Gasteiger partial charge >= 0.3 is 0 Å². The van der Waals surface area contributed by atoms with Gasteiger partial charge in [-0.15, -0.1) is 0 Å². The molecule has 1 aromatic carbocycles. The number of hydrogen-bond acceptors (Lipinski definition) is 5. The van der Waals surface area contributed by atoms with E-state index in [0.717, 1.165) is 24.9 Å². The molecule has 1 saturated heterocycles. The van der Waals surface area contributed by atoms with E-state index >= 15 is 0 Å². The number of nitro groups is 1. The van der Waals surface area contributed by atoms with Crippen molar-refractivity contribution in [1.29, 1.82) is 0 Å². The second kappa shape index (κ2) is 5.09. The summed E-state index contributed by atoms with van der Waals surface area (Å²) in [6, 6.07) is 5.34. The third kappa shape index (κ3) is 2.44. The lowest BCUT2D eigenvalue weighted by Crippen LogP contribution is -2.46. The minimum Gasteiger partial charge on any atom is -0.352 e. The molecule has 2 aromatic rings. The van der Waals surface area contributed by atoms with Gasteiger partial charge in [-0.2, -0.15) is 0 Å². The third-order valence-corrected chi connectivity index (χ3v) is 3.76.